The van der Waals surface area contributed by atoms with Crippen molar-refractivity contribution in [2.75, 3.05) is 5.32 Å². The van der Waals surface area contributed by atoms with Gasteiger partial charge in [-0.2, -0.15) is 0 Å². The highest BCUT2D eigenvalue weighted by molar-refractivity contribution is 7.89. The monoisotopic (exact) mass is 407 g/mol. The molecule has 4 fully saturated rings. The van der Waals surface area contributed by atoms with Gasteiger partial charge in [0.15, 0.2) is 5.11 Å². The number of primary sulfonamides is 1. The van der Waals surface area contributed by atoms with Crippen LogP contribution in [0.25, 0.3) is 0 Å². The van der Waals surface area contributed by atoms with Gasteiger partial charge >= 0.3 is 0 Å². The Morgan fingerprint density at radius 2 is 1.59 bits per heavy atom. The molecule has 0 aliphatic heterocycles. The maximum Gasteiger partial charge on any atom is 0.238 e. The van der Waals surface area contributed by atoms with Crippen molar-refractivity contribution in [3.63, 3.8) is 0 Å². The predicted octanol–water partition coefficient (Wildman–Crippen LogP) is 2.75. The van der Waals surface area contributed by atoms with E-state index >= 15 is 0 Å². The Balaban J connectivity index is 1.33. The molecule has 1 amide bonds. The van der Waals surface area contributed by atoms with E-state index in [1.807, 2.05) is 0 Å². The summed E-state index contributed by atoms with van der Waals surface area (Å²) in [5.74, 6) is 2.40. The van der Waals surface area contributed by atoms with Crippen LogP contribution in [0.5, 0.6) is 0 Å². The first-order chi connectivity index (χ1) is 12.7. The second kappa shape index (κ2) is 6.83. The molecule has 146 valence electrons. The Kier molecular flexibility index (Phi) is 4.76. The van der Waals surface area contributed by atoms with Crippen molar-refractivity contribution in [2.45, 2.75) is 49.8 Å². The molecule has 4 saturated carbocycles. The molecule has 0 radical (unpaired) electrons. The molecule has 6 nitrogen and oxygen atoms in total. The number of anilines is 1. The van der Waals surface area contributed by atoms with Gasteiger partial charge in [-0.15, -0.1) is 0 Å². The Labute approximate surface area is 165 Å². The maximum atomic E-state index is 12.6. The molecule has 4 aliphatic carbocycles. The molecule has 8 heteroatoms. The first-order valence-electron chi connectivity index (χ1n) is 9.44. The van der Waals surface area contributed by atoms with Crippen LogP contribution in [0.2, 0.25) is 0 Å². The second-order valence-corrected chi connectivity index (χ2v) is 10.6. The summed E-state index contributed by atoms with van der Waals surface area (Å²) in [6.45, 7) is 0. The summed E-state index contributed by atoms with van der Waals surface area (Å²) in [5, 5.41) is 11.0. The number of carbonyl (C=O) groups is 1. The third-order valence-corrected chi connectivity index (χ3v) is 7.53. The SMILES string of the molecule is NS(=O)(=O)c1ccc(NC(=S)NC(=O)CC23CC4CC(CC(C4)C2)C3)cc1. The van der Waals surface area contributed by atoms with Crippen molar-refractivity contribution >= 4 is 38.9 Å². The average Bonchev–Trinajstić information content (AvgIpc) is 2.52. The molecule has 27 heavy (non-hydrogen) atoms. The lowest BCUT2D eigenvalue weighted by atomic mass is 9.49. The smallest absolute Gasteiger partial charge is 0.238 e. The van der Waals surface area contributed by atoms with E-state index in [9.17, 15) is 13.2 Å². The summed E-state index contributed by atoms with van der Waals surface area (Å²) in [7, 11) is -3.72. The summed E-state index contributed by atoms with van der Waals surface area (Å²) >= 11 is 5.24. The molecule has 4 bridgehead atoms. The molecular formula is C19H25N3O3S2. The van der Waals surface area contributed by atoms with Crippen molar-refractivity contribution < 1.29 is 13.2 Å². The fourth-order valence-electron chi connectivity index (χ4n) is 5.91. The number of nitrogens with one attached hydrogen (secondary N) is 2. The lowest BCUT2D eigenvalue weighted by molar-refractivity contribution is -0.127. The number of hydrogen-bond donors (Lipinski definition) is 3. The third kappa shape index (κ3) is 4.17. The Morgan fingerprint density at radius 3 is 2.07 bits per heavy atom. The quantitative estimate of drug-likeness (QED) is 0.666. The van der Waals surface area contributed by atoms with E-state index < -0.39 is 10.0 Å². The van der Waals surface area contributed by atoms with Crippen LogP contribution >= 0.6 is 12.2 Å². The number of benzene rings is 1. The van der Waals surface area contributed by atoms with Crippen LogP contribution in [0.1, 0.15) is 44.9 Å². The topological polar surface area (TPSA) is 101 Å². The van der Waals surface area contributed by atoms with Gasteiger partial charge in [0.2, 0.25) is 15.9 Å². The van der Waals surface area contributed by atoms with Crippen LogP contribution in [0, 0.1) is 23.2 Å². The van der Waals surface area contributed by atoms with Crippen LogP contribution < -0.4 is 15.8 Å². The number of amides is 1. The first-order valence-corrected chi connectivity index (χ1v) is 11.4. The van der Waals surface area contributed by atoms with Gasteiger partial charge in [0.05, 0.1) is 4.90 Å². The molecule has 1 aromatic rings. The zero-order valence-corrected chi connectivity index (χ0v) is 16.7. The second-order valence-electron chi connectivity index (χ2n) is 8.67. The lowest BCUT2D eigenvalue weighted by Gasteiger charge is -2.56. The van der Waals surface area contributed by atoms with E-state index in [2.05, 4.69) is 10.6 Å². The van der Waals surface area contributed by atoms with Gasteiger partial charge in [0.25, 0.3) is 0 Å². The van der Waals surface area contributed by atoms with E-state index in [0.29, 0.717) is 12.1 Å². The van der Waals surface area contributed by atoms with Gasteiger partial charge < -0.3 is 10.6 Å². The molecule has 0 heterocycles. The van der Waals surface area contributed by atoms with Crippen LogP contribution in [-0.4, -0.2) is 19.4 Å². The fraction of sp³-hybridized carbons (Fsp3) is 0.579. The molecule has 5 rings (SSSR count). The van der Waals surface area contributed by atoms with Crippen LogP contribution in [0.15, 0.2) is 29.2 Å². The van der Waals surface area contributed by atoms with E-state index in [0.717, 1.165) is 17.8 Å². The summed E-state index contributed by atoms with van der Waals surface area (Å²) in [5.41, 5.74) is 0.772. The zero-order chi connectivity index (χ0) is 19.2. The normalized spacial score (nSPS) is 31.5. The fourth-order valence-corrected chi connectivity index (χ4v) is 6.66. The minimum Gasteiger partial charge on any atom is -0.332 e. The number of carbonyl (C=O) groups excluding carboxylic acids is 1. The first kappa shape index (κ1) is 18.8. The van der Waals surface area contributed by atoms with Gasteiger partial charge in [0.1, 0.15) is 0 Å². The number of nitrogens with two attached hydrogens (primary N) is 1. The number of sulfonamides is 1. The molecule has 0 spiro atoms. The number of thiocarbonyl (C=S) groups is 1. The van der Waals surface area contributed by atoms with Crippen LogP contribution in [0.4, 0.5) is 5.69 Å². The summed E-state index contributed by atoms with van der Waals surface area (Å²) in [6, 6.07) is 5.93. The van der Waals surface area contributed by atoms with Crippen molar-refractivity contribution in [3.8, 4) is 0 Å². The molecule has 1 aromatic carbocycles. The van der Waals surface area contributed by atoms with E-state index in [4.69, 9.17) is 17.4 Å². The molecule has 4 N–H and O–H groups in total. The largest absolute Gasteiger partial charge is 0.332 e. The Hall–Kier alpha value is -1.51. The summed E-state index contributed by atoms with van der Waals surface area (Å²) in [4.78, 5) is 12.6. The van der Waals surface area contributed by atoms with Gasteiger partial charge in [-0.25, -0.2) is 13.6 Å². The molecular weight excluding hydrogens is 382 g/mol. The highest BCUT2D eigenvalue weighted by atomic mass is 32.2. The molecule has 4 aliphatic rings. The van der Waals surface area contributed by atoms with Gasteiger partial charge in [-0.1, -0.05) is 0 Å². The van der Waals surface area contributed by atoms with Crippen molar-refractivity contribution in [3.05, 3.63) is 24.3 Å². The minimum absolute atomic E-state index is 0.0318. The average molecular weight is 408 g/mol. The van der Waals surface area contributed by atoms with Crippen molar-refractivity contribution in [2.24, 2.45) is 28.3 Å². The van der Waals surface area contributed by atoms with E-state index in [-0.39, 0.29) is 21.3 Å². The summed E-state index contributed by atoms with van der Waals surface area (Å²) in [6.07, 6.45) is 8.16. The minimum atomic E-state index is -3.72. The predicted molar refractivity (Wildman–Crippen MR) is 107 cm³/mol. The lowest BCUT2D eigenvalue weighted by Crippen LogP contribution is -2.48. The molecule has 0 saturated heterocycles. The van der Waals surface area contributed by atoms with Gasteiger partial charge in [0, 0.05) is 12.1 Å². The molecule has 0 aromatic heterocycles. The Bertz CT molecular complexity index is 829. The van der Waals surface area contributed by atoms with Crippen LogP contribution in [0.3, 0.4) is 0 Å². The van der Waals surface area contributed by atoms with Crippen LogP contribution in [-0.2, 0) is 14.8 Å². The van der Waals surface area contributed by atoms with Crippen molar-refractivity contribution in [1.29, 1.82) is 0 Å². The maximum absolute atomic E-state index is 12.6. The highest BCUT2D eigenvalue weighted by Gasteiger charge is 2.51. The standard InChI is InChI=1S/C19H25N3O3S2/c20-27(24,25)16-3-1-15(2-4-16)21-18(26)22-17(23)11-19-8-12-5-13(9-19)7-14(6-12)10-19/h1-4,12-14H,5-11H2,(H2,20,24,25)(H2,21,22,23,26). The van der Waals surface area contributed by atoms with Crippen molar-refractivity contribution in [1.82, 2.24) is 5.32 Å². The van der Waals surface area contributed by atoms with E-state index in [1.54, 1.807) is 12.1 Å². The molecule has 0 unspecified atom stereocenters. The zero-order valence-electron chi connectivity index (χ0n) is 15.1. The third-order valence-electron chi connectivity index (χ3n) is 6.39. The number of rotatable bonds is 4. The summed E-state index contributed by atoms with van der Waals surface area (Å²) < 4.78 is 22.6. The Morgan fingerprint density at radius 1 is 1.07 bits per heavy atom. The van der Waals surface area contributed by atoms with Gasteiger partial charge in [-0.05, 0) is 98.2 Å². The molecule has 0 atom stereocenters. The van der Waals surface area contributed by atoms with E-state index in [1.165, 1.54) is 50.7 Å². The highest BCUT2D eigenvalue weighted by Crippen LogP contribution is 2.61. The number of hydrogen-bond acceptors (Lipinski definition) is 4. The van der Waals surface area contributed by atoms with Gasteiger partial charge in [-0.3, -0.25) is 4.79 Å².